The highest BCUT2D eigenvalue weighted by molar-refractivity contribution is 5.84. The summed E-state index contributed by atoms with van der Waals surface area (Å²) < 4.78 is 10.7. The second-order valence-electron chi connectivity index (χ2n) is 7.43. The highest BCUT2D eigenvalue weighted by Gasteiger charge is 2.23. The van der Waals surface area contributed by atoms with Gasteiger partial charge in [0.05, 0.1) is 7.11 Å². The molecule has 0 bridgehead atoms. The Hall–Kier alpha value is -3.80. The van der Waals surface area contributed by atoms with Crippen molar-refractivity contribution in [1.82, 2.24) is 5.32 Å². The number of phenols is 1. The highest BCUT2D eigenvalue weighted by Crippen LogP contribution is 2.15. The number of esters is 1. The van der Waals surface area contributed by atoms with Crippen LogP contribution in [0.15, 0.2) is 78.9 Å². The number of amides is 1. The Balaban J connectivity index is 1.63. The van der Waals surface area contributed by atoms with Gasteiger partial charge in [0.25, 0.3) is 0 Å². The minimum atomic E-state index is -0.806. The van der Waals surface area contributed by atoms with Gasteiger partial charge in [-0.1, -0.05) is 54.6 Å². The minimum Gasteiger partial charge on any atom is -0.508 e. The molecule has 1 amide bonds. The van der Waals surface area contributed by atoms with Crippen LogP contribution in [0.25, 0.3) is 0 Å². The van der Waals surface area contributed by atoms with Gasteiger partial charge in [-0.05, 0) is 47.4 Å². The molecular formula is C26H27NO5. The molecule has 32 heavy (non-hydrogen) atoms. The molecule has 0 aliphatic carbocycles. The van der Waals surface area contributed by atoms with Crippen LogP contribution in [-0.2, 0) is 33.8 Å². The molecule has 3 aromatic rings. The van der Waals surface area contributed by atoms with E-state index in [-0.39, 0.29) is 24.7 Å². The SMILES string of the molecule is COc1ccc(CC(NC(=O)CCc2ccc(O)cc2)C(=O)OCc2ccccc2)cc1. The van der Waals surface area contributed by atoms with Gasteiger partial charge in [0.1, 0.15) is 24.1 Å². The zero-order valence-electron chi connectivity index (χ0n) is 18.0. The lowest BCUT2D eigenvalue weighted by molar-refractivity contribution is -0.149. The van der Waals surface area contributed by atoms with Crippen molar-refractivity contribution in [1.29, 1.82) is 0 Å². The van der Waals surface area contributed by atoms with Crippen LogP contribution >= 0.6 is 0 Å². The van der Waals surface area contributed by atoms with Gasteiger partial charge < -0.3 is 19.9 Å². The molecule has 1 unspecified atom stereocenters. The van der Waals surface area contributed by atoms with Gasteiger partial charge in [0.15, 0.2) is 0 Å². The molecule has 0 saturated heterocycles. The molecule has 6 nitrogen and oxygen atoms in total. The van der Waals surface area contributed by atoms with Crippen molar-refractivity contribution in [3.8, 4) is 11.5 Å². The lowest BCUT2D eigenvalue weighted by atomic mass is 10.0. The first-order valence-electron chi connectivity index (χ1n) is 10.4. The van der Waals surface area contributed by atoms with Crippen LogP contribution < -0.4 is 10.1 Å². The second kappa shape index (κ2) is 11.6. The zero-order chi connectivity index (χ0) is 22.8. The van der Waals surface area contributed by atoms with Gasteiger partial charge in [0, 0.05) is 12.8 Å². The maximum Gasteiger partial charge on any atom is 0.329 e. The third-order valence-corrected chi connectivity index (χ3v) is 5.02. The van der Waals surface area contributed by atoms with E-state index in [9.17, 15) is 14.7 Å². The van der Waals surface area contributed by atoms with E-state index in [1.54, 1.807) is 31.4 Å². The van der Waals surface area contributed by atoms with E-state index in [1.807, 2.05) is 54.6 Å². The Kier molecular flexibility index (Phi) is 8.26. The minimum absolute atomic E-state index is 0.141. The fourth-order valence-electron chi connectivity index (χ4n) is 3.21. The van der Waals surface area contributed by atoms with Crippen molar-refractivity contribution in [3.05, 3.63) is 95.6 Å². The number of phenolic OH excluding ortho intramolecular Hbond substituents is 1. The van der Waals surface area contributed by atoms with Gasteiger partial charge in [-0.25, -0.2) is 4.79 Å². The van der Waals surface area contributed by atoms with Crippen LogP contribution in [0, 0.1) is 0 Å². The molecular weight excluding hydrogens is 406 g/mol. The number of carbonyl (C=O) groups is 2. The number of nitrogens with one attached hydrogen (secondary N) is 1. The Labute approximate surface area is 187 Å². The highest BCUT2D eigenvalue weighted by atomic mass is 16.5. The summed E-state index contributed by atoms with van der Waals surface area (Å²) in [7, 11) is 1.59. The van der Waals surface area contributed by atoms with Crippen LogP contribution in [0.4, 0.5) is 0 Å². The first-order valence-corrected chi connectivity index (χ1v) is 10.4. The summed E-state index contributed by atoms with van der Waals surface area (Å²) >= 11 is 0. The van der Waals surface area contributed by atoms with Crippen molar-refractivity contribution >= 4 is 11.9 Å². The van der Waals surface area contributed by atoms with E-state index in [1.165, 1.54) is 0 Å². The average Bonchev–Trinajstić information content (AvgIpc) is 2.83. The van der Waals surface area contributed by atoms with Crippen LogP contribution in [0.5, 0.6) is 11.5 Å². The molecule has 6 heteroatoms. The van der Waals surface area contributed by atoms with Gasteiger partial charge in [-0.3, -0.25) is 4.79 Å². The summed E-state index contributed by atoms with van der Waals surface area (Å²) in [5.41, 5.74) is 2.69. The van der Waals surface area contributed by atoms with Crippen molar-refractivity contribution in [2.75, 3.05) is 7.11 Å². The van der Waals surface area contributed by atoms with Gasteiger partial charge in [-0.2, -0.15) is 0 Å². The van der Waals surface area contributed by atoms with Crippen LogP contribution in [-0.4, -0.2) is 30.1 Å². The normalized spacial score (nSPS) is 11.4. The number of methoxy groups -OCH3 is 1. The van der Waals surface area contributed by atoms with Gasteiger partial charge in [0.2, 0.25) is 5.91 Å². The molecule has 0 fully saturated rings. The Bertz CT molecular complexity index is 1000. The summed E-state index contributed by atoms with van der Waals surface area (Å²) in [6.45, 7) is 0.141. The molecule has 2 N–H and O–H groups in total. The van der Waals surface area contributed by atoms with E-state index >= 15 is 0 Å². The molecule has 0 heterocycles. The topological polar surface area (TPSA) is 84.9 Å². The number of benzene rings is 3. The zero-order valence-corrected chi connectivity index (χ0v) is 18.0. The fraction of sp³-hybridized carbons (Fsp3) is 0.231. The molecule has 166 valence electrons. The largest absolute Gasteiger partial charge is 0.508 e. The quantitative estimate of drug-likeness (QED) is 0.475. The number of hydrogen-bond donors (Lipinski definition) is 2. The molecule has 0 saturated carbocycles. The number of aryl methyl sites for hydroxylation is 1. The summed E-state index contributed by atoms with van der Waals surface area (Å²) in [6, 6.07) is 22.7. The monoisotopic (exact) mass is 433 g/mol. The maximum absolute atomic E-state index is 12.8. The molecule has 3 aromatic carbocycles. The third-order valence-electron chi connectivity index (χ3n) is 5.02. The average molecular weight is 434 g/mol. The summed E-state index contributed by atoms with van der Waals surface area (Å²) in [6.07, 6.45) is 1.03. The van der Waals surface area contributed by atoms with Gasteiger partial charge >= 0.3 is 5.97 Å². The lowest BCUT2D eigenvalue weighted by Crippen LogP contribution is -2.43. The number of hydrogen-bond acceptors (Lipinski definition) is 5. The second-order valence-corrected chi connectivity index (χ2v) is 7.43. The predicted octanol–water partition coefficient (Wildman–Crippen LogP) is 3.80. The first-order chi connectivity index (χ1) is 15.5. The predicted molar refractivity (Wildman–Crippen MR) is 121 cm³/mol. The Morgan fingerprint density at radius 2 is 1.53 bits per heavy atom. The van der Waals surface area contributed by atoms with Crippen molar-refractivity contribution in [2.45, 2.75) is 31.9 Å². The van der Waals surface area contributed by atoms with Crippen LogP contribution in [0.1, 0.15) is 23.1 Å². The van der Waals surface area contributed by atoms with E-state index in [0.717, 1.165) is 22.4 Å². The lowest BCUT2D eigenvalue weighted by Gasteiger charge is -2.18. The molecule has 0 spiro atoms. The summed E-state index contributed by atoms with van der Waals surface area (Å²) in [5.74, 6) is 0.171. The van der Waals surface area contributed by atoms with E-state index < -0.39 is 12.0 Å². The summed E-state index contributed by atoms with van der Waals surface area (Å²) in [5, 5.41) is 12.2. The van der Waals surface area contributed by atoms with Crippen molar-refractivity contribution in [3.63, 3.8) is 0 Å². The molecule has 0 aliphatic heterocycles. The molecule has 0 radical (unpaired) electrons. The fourth-order valence-corrected chi connectivity index (χ4v) is 3.21. The van der Waals surface area contributed by atoms with Gasteiger partial charge in [-0.15, -0.1) is 0 Å². The maximum atomic E-state index is 12.8. The molecule has 3 rings (SSSR count). The molecule has 1 atom stereocenters. The third kappa shape index (κ3) is 7.16. The number of aromatic hydroxyl groups is 1. The first kappa shape index (κ1) is 22.9. The smallest absolute Gasteiger partial charge is 0.329 e. The van der Waals surface area contributed by atoms with Crippen LogP contribution in [0.2, 0.25) is 0 Å². The van der Waals surface area contributed by atoms with E-state index in [0.29, 0.717) is 12.8 Å². The van der Waals surface area contributed by atoms with E-state index in [2.05, 4.69) is 5.32 Å². The number of rotatable bonds is 10. The Morgan fingerprint density at radius 1 is 0.875 bits per heavy atom. The van der Waals surface area contributed by atoms with E-state index in [4.69, 9.17) is 9.47 Å². The number of ether oxygens (including phenoxy) is 2. The summed E-state index contributed by atoms with van der Waals surface area (Å²) in [4.78, 5) is 25.4. The number of carbonyl (C=O) groups excluding carboxylic acids is 2. The standard InChI is InChI=1S/C26H27NO5/c1-31-23-14-9-20(10-15-23)17-24(26(30)32-18-21-5-3-2-4-6-21)27-25(29)16-11-19-7-12-22(28)13-8-19/h2-10,12-15,24,28H,11,16-18H2,1H3,(H,27,29). The Morgan fingerprint density at radius 3 is 2.19 bits per heavy atom. The molecule has 0 aliphatic rings. The van der Waals surface area contributed by atoms with Crippen molar-refractivity contribution in [2.24, 2.45) is 0 Å². The van der Waals surface area contributed by atoms with Crippen molar-refractivity contribution < 1.29 is 24.2 Å². The van der Waals surface area contributed by atoms with Crippen LogP contribution in [0.3, 0.4) is 0 Å². The molecule has 0 aromatic heterocycles.